The zero-order chi connectivity index (χ0) is 18.9. The highest BCUT2D eigenvalue weighted by Crippen LogP contribution is 2.25. The summed E-state index contributed by atoms with van der Waals surface area (Å²) in [5.74, 6) is 0.582. The Morgan fingerprint density at radius 3 is 2.58 bits per heavy atom. The topological polar surface area (TPSA) is 71.3 Å². The molecule has 0 bridgehead atoms. The van der Waals surface area contributed by atoms with Crippen LogP contribution in [0.3, 0.4) is 0 Å². The lowest BCUT2D eigenvalue weighted by Crippen LogP contribution is -2.49. The van der Waals surface area contributed by atoms with E-state index in [1.54, 1.807) is 15.7 Å². The van der Waals surface area contributed by atoms with Crippen LogP contribution in [0.4, 0.5) is 5.82 Å². The highest BCUT2D eigenvalue weighted by Gasteiger charge is 2.24. The van der Waals surface area contributed by atoms with Crippen LogP contribution >= 0.6 is 0 Å². The number of carbonyl (C=O) groups is 1. The smallest absolute Gasteiger partial charge is 0.351 e. The molecule has 0 unspecified atom stereocenters. The van der Waals surface area contributed by atoms with E-state index in [4.69, 9.17) is 0 Å². The van der Waals surface area contributed by atoms with Gasteiger partial charge >= 0.3 is 5.69 Å². The number of fused-ring (bicyclic) bond motifs is 1. The summed E-state index contributed by atoms with van der Waals surface area (Å²) in [6.07, 6.45) is 3.03. The van der Waals surface area contributed by atoms with Gasteiger partial charge in [0.2, 0.25) is 5.91 Å². The van der Waals surface area contributed by atoms with Gasteiger partial charge < -0.3 is 9.80 Å². The Balaban J connectivity index is 1.98. The fourth-order valence-electron chi connectivity index (χ4n) is 3.21. The van der Waals surface area contributed by atoms with E-state index in [2.05, 4.69) is 42.2 Å². The predicted molar refractivity (Wildman–Crippen MR) is 102 cm³/mol. The number of hydrogen-bond donors (Lipinski definition) is 0. The van der Waals surface area contributed by atoms with Crippen molar-refractivity contribution in [2.45, 2.75) is 27.3 Å². The summed E-state index contributed by atoms with van der Waals surface area (Å²) in [4.78, 5) is 37.1. The van der Waals surface area contributed by atoms with Crippen molar-refractivity contribution in [1.82, 2.24) is 19.4 Å². The first-order chi connectivity index (χ1) is 12.3. The van der Waals surface area contributed by atoms with Crippen molar-refractivity contribution in [3.8, 4) is 0 Å². The Bertz CT molecular complexity index is 889. The summed E-state index contributed by atoms with van der Waals surface area (Å²) in [5, 5.41) is 0.861. The van der Waals surface area contributed by atoms with Crippen LogP contribution in [0.5, 0.6) is 0 Å². The maximum Gasteiger partial charge on any atom is 0.351 e. The average Bonchev–Trinajstić information content (AvgIpc) is 2.62. The maximum atomic E-state index is 12.7. The van der Waals surface area contributed by atoms with E-state index in [9.17, 15) is 9.59 Å². The molecule has 0 aromatic carbocycles. The van der Waals surface area contributed by atoms with Crippen molar-refractivity contribution in [1.29, 1.82) is 0 Å². The van der Waals surface area contributed by atoms with Gasteiger partial charge in [0.05, 0.1) is 5.39 Å². The molecule has 138 valence electrons. The number of hydrogen-bond acceptors (Lipinski definition) is 5. The standard InChI is InChI=1S/C19H25N5O2/c1-5-15(25)22-9-11-23(12-10-22)17-14-7-6-8-20-16(14)24(18(26)21-17)13-19(2,3)4/h5-8H,1,9-13H2,2-4H3. The largest absolute Gasteiger partial charge is 0.352 e. The van der Waals surface area contributed by atoms with E-state index in [0.29, 0.717) is 44.2 Å². The molecule has 0 atom stereocenters. The number of anilines is 1. The second-order valence-corrected chi connectivity index (χ2v) is 7.76. The first-order valence-corrected chi connectivity index (χ1v) is 8.82. The normalized spacial score (nSPS) is 15.3. The van der Waals surface area contributed by atoms with Crippen molar-refractivity contribution in [2.75, 3.05) is 31.1 Å². The van der Waals surface area contributed by atoms with Crippen LogP contribution < -0.4 is 10.6 Å². The average molecular weight is 355 g/mol. The molecule has 1 aliphatic rings. The van der Waals surface area contributed by atoms with E-state index < -0.39 is 0 Å². The molecule has 7 heteroatoms. The lowest BCUT2D eigenvalue weighted by Gasteiger charge is -2.35. The zero-order valence-electron chi connectivity index (χ0n) is 15.6. The molecule has 1 aliphatic heterocycles. The van der Waals surface area contributed by atoms with Crippen LogP contribution in [0.25, 0.3) is 11.0 Å². The minimum atomic E-state index is -0.286. The molecule has 3 rings (SSSR count). The molecule has 7 nitrogen and oxygen atoms in total. The van der Waals surface area contributed by atoms with Gasteiger partial charge in [0.15, 0.2) is 0 Å². The number of pyridine rings is 1. The Kier molecular flexibility index (Phi) is 4.80. The van der Waals surface area contributed by atoms with Crippen molar-refractivity contribution in [2.24, 2.45) is 5.41 Å². The molecule has 2 aromatic rings. The quantitative estimate of drug-likeness (QED) is 0.783. The van der Waals surface area contributed by atoms with Crippen molar-refractivity contribution < 1.29 is 4.79 Å². The highest BCUT2D eigenvalue weighted by molar-refractivity contribution is 5.88. The summed E-state index contributed by atoms with van der Waals surface area (Å²) in [6.45, 7) is 12.7. The summed E-state index contributed by atoms with van der Waals surface area (Å²) in [6, 6.07) is 3.81. The minimum Gasteiger partial charge on any atom is -0.352 e. The molecule has 0 spiro atoms. The van der Waals surface area contributed by atoms with Crippen LogP contribution in [-0.2, 0) is 11.3 Å². The molecule has 2 aromatic heterocycles. The zero-order valence-corrected chi connectivity index (χ0v) is 15.6. The number of amides is 1. The Labute approximate surface area is 153 Å². The second kappa shape index (κ2) is 6.90. The first-order valence-electron chi connectivity index (χ1n) is 8.82. The number of piperazine rings is 1. The number of rotatable bonds is 3. The van der Waals surface area contributed by atoms with Gasteiger partial charge in [0.1, 0.15) is 11.5 Å². The molecule has 0 saturated carbocycles. The lowest BCUT2D eigenvalue weighted by atomic mass is 9.97. The van der Waals surface area contributed by atoms with Crippen molar-refractivity contribution >= 4 is 22.8 Å². The summed E-state index contributed by atoms with van der Waals surface area (Å²) < 4.78 is 1.65. The van der Waals surface area contributed by atoms with E-state index in [0.717, 1.165) is 5.39 Å². The Morgan fingerprint density at radius 1 is 1.27 bits per heavy atom. The predicted octanol–water partition coefficient (Wildman–Crippen LogP) is 1.67. The van der Waals surface area contributed by atoms with Gasteiger partial charge in [-0.25, -0.2) is 9.78 Å². The highest BCUT2D eigenvalue weighted by atomic mass is 16.2. The fourth-order valence-corrected chi connectivity index (χ4v) is 3.21. The Morgan fingerprint density at radius 2 is 1.96 bits per heavy atom. The van der Waals surface area contributed by atoms with E-state index in [1.165, 1.54) is 6.08 Å². The van der Waals surface area contributed by atoms with Crippen LogP contribution in [0.2, 0.25) is 0 Å². The molecule has 1 fully saturated rings. The fraction of sp³-hybridized carbons (Fsp3) is 0.474. The third-order valence-electron chi connectivity index (χ3n) is 4.41. The molecular formula is C19H25N5O2. The van der Waals surface area contributed by atoms with Crippen LogP contribution in [0.15, 0.2) is 35.8 Å². The molecule has 3 heterocycles. The van der Waals surface area contributed by atoms with Gasteiger partial charge in [-0.15, -0.1) is 0 Å². The molecular weight excluding hydrogens is 330 g/mol. The van der Waals surface area contributed by atoms with Gasteiger partial charge in [0, 0.05) is 38.9 Å². The van der Waals surface area contributed by atoms with Crippen molar-refractivity contribution in [3.63, 3.8) is 0 Å². The van der Waals surface area contributed by atoms with Crippen LogP contribution in [0, 0.1) is 5.41 Å². The summed E-state index contributed by atoms with van der Waals surface area (Å²) >= 11 is 0. The molecule has 1 amide bonds. The van der Waals surface area contributed by atoms with Gasteiger partial charge in [-0.1, -0.05) is 27.4 Å². The minimum absolute atomic E-state index is 0.0614. The molecule has 0 aliphatic carbocycles. The third-order valence-corrected chi connectivity index (χ3v) is 4.41. The molecule has 26 heavy (non-hydrogen) atoms. The Hall–Kier alpha value is -2.70. The maximum absolute atomic E-state index is 12.7. The summed E-state index contributed by atoms with van der Waals surface area (Å²) in [5.41, 5.74) is 0.307. The monoisotopic (exact) mass is 355 g/mol. The van der Waals surface area contributed by atoms with Crippen LogP contribution in [0.1, 0.15) is 20.8 Å². The summed E-state index contributed by atoms with van der Waals surface area (Å²) in [7, 11) is 0. The van der Waals surface area contributed by atoms with E-state index in [-0.39, 0.29) is 17.0 Å². The van der Waals surface area contributed by atoms with E-state index in [1.807, 2.05) is 12.1 Å². The second-order valence-electron chi connectivity index (χ2n) is 7.76. The molecule has 1 saturated heterocycles. The molecule has 0 N–H and O–H groups in total. The van der Waals surface area contributed by atoms with Gasteiger partial charge in [-0.3, -0.25) is 9.36 Å². The lowest BCUT2D eigenvalue weighted by molar-refractivity contribution is -0.126. The SMILES string of the molecule is C=CC(=O)N1CCN(c2nc(=O)n(CC(C)(C)C)c3ncccc23)CC1. The number of nitrogens with zero attached hydrogens (tertiary/aromatic N) is 5. The van der Waals surface area contributed by atoms with Crippen molar-refractivity contribution in [3.05, 3.63) is 41.5 Å². The third kappa shape index (κ3) is 3.61. The van der Waals surface area contributed by atoms with Crippen LogP contribution in [-0.4, -0.2) is 51.5 Å². The first kappa shape index (κ1) is 18.1. The van der Waals surface area contributed by atoms with E-state index >= 15 is 0 Å². The number of aromatic nitrogens is 3. The van der Waals surface area contributed by atoms with Gasteiger partial charge in [0.25, 0.3) is 0 Å². The molecule has 0 radical (unpaired) electrons. The van der Waals surface area contributed by atoms with Gasteiger partial charge in [-0.05, 0) is 23.6 Å². The van der Waals surface area contributed by atoms with Gasteiger partial charge in [-0.2, -0.15) is 4.98 Å². The number of carbonyl (C=O) groups excluding carboxylic acids is 1.